The van der Waals surface area contributed by atoms with Gasteiger partial charge in [-0.25, -0.2) is 0 Å². The predicted octanol–water partition coefficient (Wildman–Crippen LogP) is 2.44. The van der Waals surface area contributed by atoms with Crippen molar-refractivity contribution in [2.75, 3.05) is 19.0 Å². The van der Waals surface area contributed by atoms with E-state index in [1.54, 1.807) is 13.8 Å². The molecule has 0 aliphatic heterocycles. The molecular weight excluding hydrogens is 291 g/mol. The molecule has 0 atom stereocenters. The van der Waals surface area contributed by atoms with Crippen LogP contribution in [0.25, 0.3) is 0 Å². The third-order valence-electron chi connectivity index (χ3n) is 1.66. The number of amides is 1. The maximum Gasteiger partial charge on any atom is 0.247 e. The maximum atomic E-state index is 11.7. The van der Waals surface area contributed by atoms with E-state index in [1.807, 2.05) is 19.9 Å². The summed E-state index contributed by atoms with van der Waals surface area (Å²) in [6.45, 7) is 7.84. The second-order valence-corrected chi connectivity index (χ2v) is 10.2. The van der Waals surface area contributed by atoms with Gasteiger partial charge in [-0.1, -0.05) is 11.4 Å². The molecule has 0 bridgehead atoms. The molecule has 1 N–H and O–H groups in total. The van der Waals surface area contributed by atoms with Crippen molar-refractivity contribution in [1.82, 2.24) is 5.32 Å². The number of carbonyl (C=O) groups excluding carboxylic acids is 1. The molecule has 18 heavy (non-hydrogen) atoms. The van der Waals surface area contributed by atoms with Gasteiger partial charge < -0.3 is 14.4 Å². The molecule has 0 saturated carbocycles. The lowest BCUT2D eigenvalue weighted by Gasteiger charge is -2.21. The van der Waals surface area contributed by atoms with Gasteiger partial charge in [-0.05, 0) is 39.5 Å². The molecular formula is C10H19N2O3PS2. The number of carbonyl (C=O) groups is 1. The minimum absolute atomic E-state index is 0.127. The summed E-state index contributed by atoms with van der Waals surface area (Å²) in [6, 6.07) is 2.00. The molecule has 0 fully saturated rings. The third kappa shape index (κ3) is 7.34. The van der Waals surface area contributed by atoms with Crippen LogP contribution in [0.3, 0.4) is 0 Å². The molecule has 8 heteroatoms. The van der Waals surface area contributed by atoms with Crippen molar-refractivity contribution in [3.63, 3.8) is 0 Å². The van der Waals surface area contributed by atoms with E-state index >= 15 is 0 Å². The van der Waals surface area contributed by atoms with Gasteiger partial charge in [-0.3, -0.25) is 4.79 Å². The fourth-order valence-corrected chi connectivity index (χ4v) is 5.19. The van der Waals surface area contributed by atoms with E-state index in [4.69, 9.17) is 26.1 Å². The van der Waals surface area contributed by atoms with Crippen molar-refractivity contribution in [2.45, 2.75) is 33.2 Å². The van der Waals surface area contributed by atoms with Crippen molar-refractivity contribution < 1.29 is 13.8 Å². The molecule has 0 aliphatic carbocycles. The number of nitrogens with zero attached hydrogens (tertiary/aromatic N) is 1. The zero-order valence-corrected chi connectivity index (χ0v) is 13.6. The van der Waals surface area contributed by atoms with Crippen molar-refractivity contribution in [3.8, 4) is 6.07 Å². The first-order valence-corrected chi connectivity index (χ1v) is 9.77. The Morgan fingerprint density at radius 1 is 1.44 bits per heavy atom. The van der Waals surface area contributed by atoms with Crippen molar-refractivity contribution in [3.05, 3.63) is 0 Å². The van der Waals surface area contributed by atoms with Crippen molar-refractivity contribution in [1.29, 1.82) is 5.26 Å². The molecule has 0 rings (SSSR count). The van der Waals surface area contributed by atoms with Crippen LogP contribution in [0.5, 0.6) is 0 Å². The number of rotatable bonds is 8. The van der Waals surface area contributed by atoms with Gasteiger partial charge in [-0.2, -0.15) is 5.26 Å². The minimum Gasteiger partial charge on any atom is -0.338 e. The summed E-state index contributed by atoms with van der Waals surface area (Å²) in [4.78, 5) is 11.7. The molecule has 0 saturated heterocycles. The van der Waals surface area contributed by atoms with Gasteiger partial charge in [0.05, 0.1) is 25.0 Å². The Bertz CT molecular complexity index is 359. The van der Waals surface area contributed by atoms with Gasteiger partial charge >= 0.3 is 0 Å². The van der Waals surface area contributed by atoms with E-state index in [0.29, 0.717) is 13.2 Å². The lowest BCUT2D eigenvalue weighted by atomic mass is 10.1. The fourth-order valence-electron chi connectivity index (χ4n) is 0.978. The highest BCUT2D eigenvalue weighted by atomic mass is 32.9. The molecule has 0 radical (unpaired) electrons. The van der Waals surface area contributed by atoms with Crippen molar-refractivity contribution >= 4 is 34.8 Å². The van der Waals surface area contributed by atoms with Crippen LogP contribution >= 0.6 is 17.1 Å². The largest absolute Gasteiger partial charge is 0.338 e. The molecule has 5 nitrogen and oxygen atoms in total. The van der Waals surface area contributed by atoms with Crippen LogP contribution in [0.15, 0.2) is 0 Å². The van der Waals surface area contributed by atoms with Crippen LogP contribution in [0.4, 0.5) is 0 Å². The Morgan fingerprint density at radius 2 is 1.94 bits per heavy atom. The van der Waals surface area contributed by atoms with Crippen molar-refractivity contribution in [2.24, 2.45) is 0 Å². The Hall–Kier alpha value is -0.120. The minimum atomic E-state index is -2.44. The molecule has 0 heterocycles. The first-order chi connectivity index (χ1) is 8.28. The average Bonchev–Trinajstić information content (AvgIpc) is 2.27. The lowest BCUT2D eigenvalue weighted by molar-refractivity contribution is -0.119. The standard InChI is InChI=1S/C10H19N2O3PS2/c1-5-14-16(17,15-6-2)18-7-9(13)12-10(3,4)8-11/h5-7H2,1-4H3,(H,12,13). The summed E-state index contributed by atoms with van der Waals surface area (Å²) in [5.74, 6) is -0.122. The molecule has 104 valence electrons. The molecule has 0 aromatic carbocycles. The molecule has 0 aliphatic rings. The predicted molar refractivity (Wildman–Crippen MR) is 77.8 cm³/mol. The summed E-state index contributed by atoms with van der Waals surface area (Å²) in [7, 11) is 0. The van der Waals surface area contributed by atoms with Crippen LogP contribution in [0, 0.1) is 11.3 Å². The number of nitrogens with one attached hydrogen (secondary N) is 1. The maximum absolute atomic E-state index is 11.7. The second kappa shape index (κ2) is 8.13. The average molecular weight is 310 g/mol. The normalized spacial score (nSPS) is 11.9. The zero-order valence-electron chi connectivity index (χ0n) is 11.1. The van der Waals surface area contributed by atoms with Crippen LogP contribution in [-0.4, -0.2) is 30.4 Å². The molecule has 0 spiro atoms. The SMILES string of the molecule is CCOP(=S)(OCC)SCC(=O)NC(C)(C)C#N. The van der Waals surface area contributed by atoms with Crippen LogP contribution in [0.1, 0.15) is 27.7 Å². The van der Waals surface area contributed by atoms with Gasteiger partial charge in [-0.15, -0.1) is 0 Å². The highest BCUT2D eigenvalue weighted by molar-refractivity contribution is 8.68. The topological polar surface area (TPSA) is 71.3 Å². The van der Waals surface area contributed by atoms with Gasteiger partial charge in [0, 0.05) is 0 Å². The molecule has 0 aromatic heterocycles. The Labute approximate surface area is 118 Å². The van der Waals surface area contributed by atoms with E-state index in [-0.39, 0.29) is 11.7 Å². The molecule has 1 amide bonds. The summed E-state index contributed by atoms with van der Waals surface area (Å²) >= 11 is 6.47. The van der Waals surface area contributed by atoms with E-state index in [9.17, 15) is 4.79 Å². The van der Waals surface area contributed by atoms with Gasteiger partial charge in [0.1, 0.15) is 5.54 Å². The second-order valence-electron chi connectivity index (χ2n) is 3.84. The summed E-state index contributed by atoms with van der Waals surface area (Å²) in [5, 5.41) is 11.4. The lowest BCUT2D eigenvalue weighted by Crippen LogP contribution is -2.42. The smallest absolute Gasteiger partial charge is 0.247 e. The summed E-state index contributed by atoms with van der Waals surface area (Å²) in [5.41, 5.74) is -3.32. The highest BCUT2D eigenvalue weighted by Crippen LogP contribution is 2.60. The van der Waals surface area contributed by atoms with E-state index in [2.05, 4.69) is 5.32 Å². The quantitative estimate of drug-likeness (QED) is 0.694. The number of hydrogen-bond acceptors (Lipinski definition) is 6. The Kier molecular flexibility index (Phi) is 8.08. The third-order valence-corrected chi connectivity index (χ3v) is 7.07. The number of nitriles is 1. The first-order valence-electron chi connectivity index (χ1n) is 5.54. The number of hydrogen-bond donors (Lipinski definition) is 1. The fraction of sp³-hybridized carbons (Fsp3) is 0.800. The first kappa shape index (κ1) is 17.9. The van der Waals surface area contributed by atoms with Gasteiger partial charge in [0.25, 0.3) is 0 Å². The van der Waals surface area contributed by atoms with Gasteiger partial charge in [0.15, 0.2) is 0 Å². The summed E-state index contributed by atoms with van der Waals surface area (Å²) in [6.07, 6.45) is 0. The highest BCUT2D eigenvalue weighted by Gasteiger charge is 2.24. The molecule has 0 aromatic rings. The summed E-state index contributed by atoms with van der Waals surface area (Å²) < 4.78 is 10.8. The van der Waals surface area contributed by atoms with E-state index < -0.39 is 11.2 Å². The zero-order chi connectivity index (χ0) is 14.2. The van der Waals surface area contributed by atoms with Crippen LogP contribution in [-0.2, 0) is 25.6 Å². The van der Waals surface area contributed by atoms with Crippen LogP contribution in [0.2, 0.25) is 0 Å². The Balaban J connectivity index is 4.33. The van der Waals surface area contributed by atoms with E-state index in [0.717, 1.165) is 0 Å². The van der Waals surface area contributed by atoms with Crippen LogP contribution < -0.4 is 5.32 Å². The van der Waals surface area contributed by atoms with E-state index in [1.165, 1.54) is 11.4 Å². The van der Waals surface area contributed by atoms with Gasteiger partial charge in [0.2, 0.25) is 11.6 Å². The monoisotopic (exact) mass is 310 g/mol. The molecule has 0 unspecified atom stereocenters. The Morgan fingerprint density at radius 3 is 2.33 bits per heavy atom.